The number of hydrogen-bond donors (Lipinski definition) is 0. The molecule has 0 saturated carbocycles. The van der Waals surface area contributed by atoms with E-state index in [-0.39, 0.29) is 72.8 Å². The standard InChI is InChI=1S/C3H6O3.C2H6.CH3.2Y/c1-5-3(4)6-2;1-2;;;/h1-2H3;1-2H3;1H3;;/q;;-1;;. The van der Waals surface area contributed by atoms with Gasteiger partial charge in [0, 0.05) is 65.4 Å². The number of methoxy groups -OCH3 is 2. The van der Waals surface area contributed by atoms with Gasteiger partial charge in [-0.05, 0) is 0 Å². The molecule has 0 aromatic heterocycles. The van der Waals surface area contributed by atoms with E-state index >= 15 is 0 Å². The maximum absolute atomic E-state index is 9.74. The van der Waals surface area contributed by atoms with Gasteiger partial charge in [-0.3, -0.25) is 0 Å². The Morgan fingerprint density at radius 2 is 1.18 bits per heavy atom. The Bertz CT molecular complexity index is 53.8. The van der Waals surface area contributed by atoms with E-state index < -0.39 is 6.16 Å². The van der Waals surface area contributed by atoms with Crippen molar-refractivity contribution in [1.82, 2.24) is 0 Å². The first kappa shape index (κ1) is 29.4. The smallest absolute Gasteiger partial charge is 0.438 e. The minimum atomic E-state index is -0.657. The fourth-order valence-electron chi connectivity index (χ4n) is 0.0833. The Kier molecular flexibility index (Phi) is 80.3. The van der Waals surface area contributed by atoms with Gasteiger partial charge >= 0.3 is 6.16 Å². The van der Waals surface area contributed by atoms with Gasteiger partial charge in [-0.1, -0.05) is 13.8 Å². The Labute approximate surface area is 120 Å². The van der Waals surface area contributed by atoms with Gasteiger partial charge < -0.3 is 16.9 Å². The molecule has 11 heavy (non-hydrogen) atoms. The van der Waals surface area contributed by atoms with Crippen molar-refractivity contribution >= 4 is 6.16 Å². The largest absolute Gasteiger partial charge is 0.507 e. The normalized spacial score (nSPS) is 4.36. The van der Waals surface area contributed by atoms with E-state index in [1.807, 2.05) is 13.8 Å². The van der Waals surface area contributed by atoms with Crippen molar-refractivity contribution in [2.45, 2.75) is 13.8 Å². The zero-order chi connectivity index (χ0) is 6.99. The van der Waals surface area contributed by atoms with Crippen LogP contribution in [0.5, 0.6) is 0 Å². The van der Waals surface area contributed by atoms with Crippen LogP contribution in [0, 0.1) is 7.43 Å². The molecule has 0 heterocycles. The van der Waals surface area contributed by atoms with Gasteiger partial charge in [0.1, 0.15) is 0 Å². The second-order valence-corrected chi connectivity index (χ2v) is 0.658. The Morgan fingerprint density at radius 1 is 1.00 bits per heavy atom. The zero-order valence-corrected chi connectivity index (χ0v) is 13.6. The SMILES string of the molecule is CC.COC(=O)OC.[CH3-].[Y].[Y]. The van der Waals surface area contributed by atoms with Gasteiger partial charge in [0.15, 0.2) is 0 Å². The van der Waals surface area contributed by atoms with Crippen LogP contribution in [0.3, 0.4) is 0 Å². The monoisotopic (exact) mass is 313 g/mol. The third kappa shape index (κ3) is 34.4. The maximum atomic E-state index is 9.74. The van der Waals surface area contributed by atoms with Crippen molar-refractivity contribution in [2.24, 2.45) is 0 Å². The van der Waals surface area contributed by atoms with Crippen LogP contribution < -0.4 is 0 Å². The summed E-state index contributed by atoms with van der Waals surface area (Å²) in [4.78, 5) is 9.74. The number of rotatable bonds is 0. The summed E-state index contributed by atoms with van der Waals surface area (Å²) in [5, 5.41) is 0. The molecule has 0 rings (SSSR count). The van der Waals surface area contributed by atoms with Crippen LogP contribution >= 0.6 is 0 Å². The van der Waals surface area contributed by atoms with E-state index in [1.165, 1.54) is 14.2 Å². The van der Waals surface area contributed by atoms with Gasteiger partial charge in [0.25, 0.3) is 0 Å². The molecule has 0 saturated heterocycles. The molecular weight excluding hydrogens is 298 g/mol. The van der Waals surface area contributed by atoms with Crippen LogP contribution in [0.2, 0.25) is 0 Å². The molecule has 0 fully saturated rings. The van der Waals surface area contributed by atoms with Crippen LogP contribution in [0.4, 0.5) is 4.79 Å². The summed E-state index contributed by atoms with van der Waals surface area (Å²) in [6, 6.07) is 0. The Hall–Kier alpha value is 1.48. The second kappa shape index (κ2) is 30.0. The summed E-state index contributed by atoms with van der Waals surface area (Å²) in [6.45, 7) is 4.00. The average molecular weight is 313 g/mol. The maximum Gasteiger partial charge on any atom is 0.507 e. The number of carbonyl (C=O) groups is 1. The summed E-state index contributed by atoms with van der Waals surface area (Å²) in [5.41, 5.74) is 0. The minimum absolute atomic E-state index is 0. The number of carbonyl (C=O) groups excluding carboxylic acids is 1. The van der Waals surface area contributed by atoms with Crippen molar-refractivity contribution < 1.29 is 79.7 Å². The fourth-order valence-corrected chi connectivity index (χ4v) is 0.0833. The van der Waals surface area contributed by atoms with Gasteiger partial charge in [-0.25, -0.2) is 4.79 Å². The summed E-state index contributed by atoms with van der Waals surface area (Å²) < 4.78 is 8.08. The molecular formula is C6H15O3Y2-. The molecule has 0 spiro atoms. The topological polar surface area (TPSA) is 35.5 Å². The van der Waals surface area contributed by atoms with Crippen LogP contribution in [-0.2, 0) is 74.9 Å². The summed E-state index contributed by atoms with van der Waals surface area (Å²) in [7, 11) is 2.51. The van der Waals surface area contributed by atoms with Crippen molar-refractivity contribution in [3.8, 4) is 0 Å². The average Bonchev–Trinajstić information content (AvgIpc) is 1.91. The van der Waals surface area contributed by atoms with E-state index in [9.17, 15) is 4.79 Å². The summed E-state index contributed by atoms with van der Waals surface area (Å²) in [6.07, 6.45) is -0.657. The molecule has 5 heteroatoms. The third-order valence-corrected chi connectivity index (χ3v) is 0.333. The minimum Gasteiger partial charge on any atom is -0.438 e. The molecule has 0 amide bonds. The van der Waals surface area contributed by atoms with Crippen molar-refractivity contribution in [3.63, 3.8) is 0 Å². The molecule has 64 valence electrons. The van der Waals surface area contributed by atoms with Crippen molar-refractivity contribution in [2.75, 3.05) is 14.2 Å². The molecule has 0 aromatic carbocycles. The Morgan fingerprint density at radius 3 is 1.18 bits per heavy atom. The quantitative estimate of drug-likeness (QED) is 0.506. The molecule has 0 unspecified atom stereocenters. The van der Waals surface area contributed by atoms with Crippen LogP contribution in [0.1, 0.15) is 13.8 Å². The number of ether oxygens (including phenoxy) is 2. The van der Waals surface area contributed by atoms with Crippen molar-refractivity contribution in [3.05, 3.63) is 7.43 Å². The van der Waals surface area contributed by atoms with E-state index in [4.69, 9.17) is 0 Å². The van der Waals surface area contributed by atoms with E-state index in [2.05, 4.69) is 9.47 Å². The molecule has 0 bridgehead atoms. The molecule has 0 aliphatic heterocycles. The first-order valence-electron chi connectivity index (χ1n) is 2.43. The molecule has 2 radical (unpaired) electrons. The molecule has 0 aromatic rings. The zero-order valence-electron chi connectivity index (χ0n) is 7.88. The Balaban J connectivity index is -0.0000000222. The first-order chi connectivity index (χ1) is 3.81. The van der Waals surface area contributed by atoms with Crippen LogP contribution in [-0.4, -0.2) is 20.4 Å². The van der Waals surface area contributed by atoms with Crippen LogP contribution in [0.15, 0.2) is 0 Å². The van der Waals surface area contributed by atoms with Gasteiger partial charge in [-0.15, -0.1) is 0 Å². The number of hydrogen-bond acceptors (Lipinski definition) is 3. The van der Waals surface area contributed by atoms with Crippen molar-refractivity contribution in [1.29, 1.82) is 0 Å². The summed E-state index contributed by atoms with van der Waals surface area (Å²) >= 11 is 0. The fraction of sp³-hybridized carbons (Fsp3) is 0.667. The molecule has 3 nitrogen and oxygen atoms in total. The molecule has 0 aliphatic rings. The predicted octanol–water partition coefficient (Wildman–Crippen LogP) is 1.87. The second-order valence-electron chi connectivity index (χ2n) is 0.658. The van der Waals surface area contributed by atoms with Gasteiger partial charge in [0.2, 0.25) is 0 Å². The molecule has 0 atom stereocenters. The van der Waals surface area contributed by atoms with E-state index in [0.29, 0.717) is 0 Å². The van der Waals surface area contributed by atoms with E-state index in [1.54, 1.807) is 0 Å². The first-order valence-corrected chi connectivity index (χ1v) is 2.43. The predicted molar refractivity (Wildman–Crippen MR) is 37.2 cm³/mol. The molecule has 0 aliphatic carbocycles. The van der Waals surface area contributed by atoms with Crippen LogP contribution in [0.25, 0.3) is 0 Å². The van der Waals surface area contributed by atoms with Gasteiger partial charge in [0.05, 0.1) is 14.2 Å². The summed E-state index contributed by atoms with van der Waals surface area (Å²) in [5.74, 6) is 0. The van der Waals surface area contributed by atoms with Gasteiger partial charge in [-0.2, -0.15) is 0 Å². The molecule has 0 N–H and O–H groups in total. The van der Waals surface area contributed by atoms with E-state index in [0.717, 1.165) is 0 Å². The third-order valence-electron chi connectivity index (χ3n) is 0.333.